The summed E-state index contributed by atoms with van der Waals surface area (Å²) in [6.45, 7) is 0.144. The van der Waals surface area contributed by atoms with Crippen molar-refractivity contribution in [2.45, 2.75) is 0 Å². The lowest BCUT2D eigenvalue weighted by Crippen LogP contribution is -2.37. The van der Waals surface area contributed by atoms with Gasteiger partial charge in [-0.3, -0.25) is 29.4 Å². The molecule has 0 atom stereocenters. The molecule has 28 heavy (non-hydrogen) atoms. The fourth-order valence-electron chi connectivity index (χ4n) is 2.38. The van der Waals surface area contributed by atoms with E-state index in [1.54, 1.807) is 16.8 Å². The van der Waals surface area contributed by atoms with E-state index in [9.17, 15) is 24.5 Å². The van der Waals surface area contributed by atoms with Crippen LogP contribution in [0.15, 0.2) is 39.9 Å². The van der Waals surface area contributed by atoms with E-state index in [0.717, 1.165) is 16.7 Å². The molecule has 0 aliphatic carbocycles. The van der Waals surface area contributed by atoms with E-state index in [4.69, 9.17) is 11.6 Å². The molecule has 2 heterocycles. The summed E-state index contributed by atoms with van der Waals surface area (Å²) in [7, 11) is 0. The summed E-state index contributed by atoms with van der Waals surface area (Å²) in [6, 6.07) is 5.78. The summed E-state index contributed by atoms with van der Waals surface area (Å²) in [5.74, 6) is -0.797. The van der Waals surface area contributed by atoms with Crippen LogP contribution >= 0.6 is 34.7 Å². The van der Waals surface area contributed by atoms with Gasteiger partial charge in [0.05, 0.1) is 9.83 Å². The van der Waals surface area contributed by atoms with Gasteiger partial charge in [0.25, 0.3) is 22.7 Å². The Labute approximate surface area is 172 Å². The van der Waals surface area contributed by atoms with E-state index < -0.39 is 16.1 Å². The third-order valence-corrected chi connectivity index (χ3v) is 5.65. The highest BCUT2D eigenvalue weighted by Gasteiger charge is 2.34. The summed E-state index contributed by atoms with van der Waals surface area (Å²) in [5.41, 5.74) is 0.613. The van der Waals surface area contributed by atoms with Crippen molar-refractivity contribution in [3.8, 4) is 0 Å². The number of thioether (sulfide) groups is 1. The Morgan fingerprint density at radius 1 is 1.32 bits per heavy atom. The number of hydrogen-bond acceptors (Lipinski definition) is 7. The molecule has 1 aromatic carbocycles. The third-order valence-electron chi connectivity index (χ3n) is 3.74. The van der Waals surface area contributed by atoms with Crippen LogP contribution in [-0.2, 0) is 4.79 Å². The zero-order chi connectivity index (χ0) is 20.3. The van der Waals surface area contributed by atoms with E-state index in [2.05, 4.69) is 5.32 Å². The molecular formula is C17H12ClN3O5S2. The lowest BCUT2D eigenvalue weighted by Gasteiger charge is -2.12. The third kappa shape index (κ3) is 4.41. The zero-order valence-corrected chi connectivity index (χ0v) is 16.5. The molecule has 1 N–H and O–H groups in total. The van der Waals surface area contributed by atoms with Gasteiger partial charge >= 0.3 is 0 Å². The van der Waals surface area contributed by atoms with Crippen LogP contribution in [0.1, 0.15) is 15.9 Å². The van der Waals surface area contributed by atoms with Crippen molar-refractivity contribution in [3.05, 3.63) is 66.2 Å². The SMILES string of the molecule is O=C(NCCN1C(=O)S/C(=C\c2ccc(Cl)c([N+](=O)[O-])c2)C1=O)c1ccsc1. The fourth-order valence-corrected chi connectivity index (χ4v) is 4.07. The minimum Gasteiger partial charge on any atom is -0.350 e. The van der Waals surface area contributed by atoms with E-state index in [1.807, 2.05) is 0 Å². The first-order valence-corrected chi connectivity index (χ1v) is 10.0. The molecule has 8 nitrogen and oxygen atoms in total. The lowest BCUT2D eigenvalue weighted by atomic mass is 10.2. The lowest BCUT2D eigenvalue weighted by molar-refractivity contribution is -0.384. The number of hydrogen-bond donors (Lipinski definition) is 1. The summed E-state index contributed by atoms with van der Waals surface area (Å²) in [4.78, 5) is 48.0. The molecule has 3 rings (SSSR count). The van der Waals surface area contributed by atoms with Crippen molar-refractivity contribution >= 4 is 63.5 Å². The van der Waals surface area contributed by atoms with Crippen LogP contribution in [0.2, 0.25) is 5.02 Å². The summed E-state index contributed by atoms with van der Waals surface area (Å²) in [6.07, 6.45) is 1.40. The number of nitro groups is 1. The number of thiophene rings is 1. The number of nitrogens with one attached hydrogen (secondary N) is 1. The summed E-state index contributed by atoms with van der Waals surface area (Å²) in [5, 5.41) is 16.6. The van der Waals surface area contributed by atoms with Gasteiger partial charge in [-0.2, -0.15) is 11.3 Å². The number of rotatable bonds is 6. The van der Waals surface area contributed by atoms with Gasteiger partial charge in [-0.05, 0) is 40.9 Å². The highest BCUT2D eigenvalue weighted by molar-refractivity contribution is 8.18. The maximum atomic E-state index is 12.5. The first kappa shape index (κ1) is 20.1. The van der Waals surface area contributed by atoms with E-state index in [0.29, 0.717) is 11.1 Å². The Morgan fingerprint density at radius 3 is 2.79 bits per heavy atom. The molecule has 0 spiro atoms. The smallest absolute Gasteiger partial charge is 0.293 e. The molecule has 3 amide bonds. The van der Waals surface area contributed by atoms with Crippen molar-refractivity contribution in [2.75, 3.05) is 13.1 Å². The molecule has 144 valence electrons. The molecule has 1 fully saturated rings. The molecule has 0 radical (unpaired) electrons. The molecule has 11 heteroatoms. The maximum absolute atomic E-state index is 12.5. The number of benzene rings is 1. The Balaban J connectivity index is 1.66. The number of nitrogens with zero attached hydrogens (tertiary/aromatic N) is 2. The standard InChI is InChI=1S/C17H12ClN3O5S2/c18-12-2-1-10(7-13(12)21(25)26)8-14-16(23)20(17(24)28-14)5-4-19-15(22)11-3-6-27-9-11/h1-3,6-9H,4-5H2,(H,19,22)/b14-8-. The predicted octanol–water partition coefficient (Wildman–Crippen LogP) is 3.78. The van der Waals surface area contributed by atoms with Crippen LogP contribution in [0, 0.1) is 10.1 Å². The number of amides is 3. The van der Waals surface area contributed by atoms with Crippen LogP contribution in [0.5, 0.6) is 0 Å². The molecular weight excluding hydrogens is 426 g/mol. The Bertz CT molecular complexity index is 991. The van der Waals surface area contributed by atoms with Crippen LogP contribution in [0.3, 0.4) is 0 Å². The number of imide groups is 1. The average Bonchev–Trinajstić information content (AvgIpc) is 3.27. The van der Waals surface area contributed by atoms with Crippen LogP contribution < -0.4 is 5.32 Å². The Kier molecular flexibility index (Phi) is 6.12. The highest BCUT2D eigenvalue weighted by Crippen LogP contribution is 2.33. The second-order valence-corrected chi connectivity index (χ2v) is 7.75. The van der Waals surface area contributed by atoms with Crippen molar-refractivity contribution in [3.63, 3.8) is 0 Å². The minimum absolute atomic E-state index is 0.0170. The van der Waals surface area contributed by atoms with Crippen molar-refractivity contribution in [1.29, 1.82) is 0 Å². The average molecular weight is 438 g/mol. The molecule has 1 aliphatic rings. The highest BCUT2D eigenvalue weighted by atomic mass is 35.5. The Morgan fingerprint density at radius 2 is 2.11 bits per heavy atom. The van der Waals surface area contributed by atoms with Gasteiger partial charge in [-0.1, -0.05) is 17.7 Å². The van der Waals surface area contributed by atoms with E-state index in [1.165, 1.54) is 35.6 Å². The minimum atomic E-state index is -0.623. The maximum Gasteiger partial charge on any atom is 0.293 e. The normalized spacial score (nSPS) is 15.3. The quantitative estimate of drug-likeness (QED) is 0.418. The number of carbonyl (C=O) groups is 3. The summed E-state index contributed by atoms with van der Waals surface area (Å²) >= 11 is 7.90. The first-order valence-electron chi connectivity index (χ1n) is 7.86. The zero-order valence-electron chi connectivity index (χ0n) is 14.1. The van der Waals surface area contributed by atoms with Gasteiger partial charge < -0.3 is 5.32 Å². The molecule has 0 saturated carbocycles. The molecule has 1 aromatic heterocycles. The van der Waals surface area contributed by atoms with Gasteiger partial charge in [-0.15, -0.1) is 0 Å². The van der Waals surface area contributed by atoms with Crippen LogP contribution in [0.25, 0.3) is 6.08 Å². The van der Waals surface area contributed by atoms with Gasteiger partial charge in [0, 0.05) is 30.1 Å². The van der Waals surface area contributed by atoms with Crippen molar-refractivity contribution in [1.82, 2.24) is 10.2 Å². The van der Waals surface area contributed by atoms with Gasteiger partial charge in [0.2, 0.25) is 0 Å². The molecule has 2 aromatic rings. The van der Waals surface area contributed by atoms with Gasteiger partial charge in [0.1, 0.15) is 5.02 Å². The topological polar surface area (TPSA) is 110 Å². The molecule has 1 saturated heterocycles. The monoisotopic (exact) mass is 437 g/mol. The van der Waals surface area contributed by atoms with E-state index in [-0.39, 0.29) is 34.6 Å². The molecule has 1 aliphatic heterocycles. The molecule has 0 bridgehead atoms. The fraction of sp³-hybridized carbons (Fsp3) is 0.118. The van der Waals surface area contributed by atoms with Gasteiger partial charge in [0.15, 0.2) is 0 Å². The van der Waals surface area contributed by atoms with Crippen molar-refractivity contribution < 1.29 is 19.3 Å². The van der Waals surface area contributed by atoms with Crippen LogP contribution in [-0.4, -0.2) is 40.0 Å². The van der Waals surface area contributed by atoms with E-state index >= 15 is 0 Å². The molecule has 0 unspecified atom stereocenters. The predicted molar refractivity (Wildman–Crippen MR) is 107 cm³/mol. The van der Waals surface area contributed by atoms with Gasteiger partial charge in [-0.25, -0.2) is 0 Å². The van der Waals surface area contributed by atoms with Crippen LogP contribution in [0.4, 0.5) is 10.5 Å². The number of nitro benzene ring substituents is 1. The Hall–Kier alpha value is -2.69. The first-order chi connectivity index (χ1) is 13.4. The second-order valence-electron chi connectivity index (χ2n) is 5.57. The van der Waals surface area contributed by atoms with Crippen molar-refractivity contribution in [2.24, 2.45) is 0 Å². The largest absolute Gasteiger partial charge is 0.350 e. The summed E-state index contributed by atoms with van der Waals surface area (Å²) < 4.78 is 0. The second kappa shape index (κ2) is 8.55. The number of carbonyl (C=O) groups excluding carboxylic acids is 3. The number of halogens is 1.